The molecule has 0 spiro atoms. The lowest BCUT2D eigenvalue weighted by atomic mass is 10.0. The van der Waals surface area contributed by atoms with Crippen molar-refractivity contribution in [3.63, 3.8) is 0 Å². The van der Waals surface area contributed by atoms with Gasteiger partial charge in [0.2, 0.25) is 5.91 Å². The SMILES string of the molecule is NC[C@H](NC(=O)c1ccc(C#Cc2ccc(NC(=O)CNCCCC3CCCC3=O)cc2)cc1)C(=O)NO. The van der Waals surface area contributed by atoms with Crippen LogP contribution in [0.15, 0.2) is 48.5 Å². The van der Waals surface area contributed by atoms with Crippen LogP contribution in [0.3, 0.4) is 0 Å². The maximum atomic E-state index is 12.3. The number of carbonyl (C=O) groups is 4. The molecule has 10 heteroatoms. The van der Waals surface area contributed by atoms with Gasteiger partial charge >= 0.3 is 0 Å². The third kappa shape index (κ3) is 8.81. The number of carbonyl (C=O) groups excluding carboxylic acids is 4. The van der Waals surface area contributed by atoms with E-state index in [1.54, 1.807) is 48.5 Å². The molecular formula is C28H33N5O5. The number of nitrogens with two attached hydrogens (primary N) is 1. The second-order valence-electron chi connectivity index (χ2n) is 9.07. The van der Waals surface area contributed by atoms with E-state index in [4.69, 9.17) is 10.9 Å². The van der Waals surface area contributed by atoms with Gasteiger partial charge in [-0.15, -0.1) is 0 Å². The molecule has 0 radical (unpaired) electrons. The van der Waals surface area contributed by atoms with Crippen LogP contribution in [0.1, 0.15) is 53.6 Å². The van der Waals surface area contributed by atoms with Crippen LogP contribution in [0.4, 0.5) is 5.69 Å². The Kier molecular flexibility index (Phi) is 11.0. The van der Waals surface area contributed by atoms with Gasteiger partial charge < -0.3 is 21.7 Å². The standard InChI is InChI=1S/C28H33N5O5/c29-17-24(28(37)33-38)32-27(36)22-12-8-19(9-13-22)6-7-20-10-14-23(15-11-20)31-26(35)18-30-16-2-4-21-3-1-5-25(21)34/h8-15,21,24,30,38H,1-5,16-18,29H2,(H,31,35)(H,32,36)(H,33,37)/t21?,24-/m0/s1. The summed E-state index contributed by atoms with van der Waals surface area (Å²) in [5, 5.41) is 17.1. The molecule has 2 atom stereocenters. The fraction of sp³-hybridized carbons (Fsp3) is 0.357. The van der Waals surface area contributed by atoms with Crippen molar-refractivity contribution in [1.82, 2.24) is 16.1 Å². The number of rotatable bonds is 11. The molecule has 200 valence electrons. The van der Waals surface area contributed by atoms with Gasteiger partial charge in [0.05, 0.1) is 6.54 Å². The van der Waals surface area contributed by atoms with Gasteiger partial charge in [-0.3, -0.25) is 24.4 Å². The summed E-state index contributed by atoms with van der Waals surface area (Å²) in [5.74, 6) is 5.19. The molecule has 1 unspecified atom stereocenters. The number of amides is 3. The summed E-state index contributed by atoms with van der Waals surface area (Å²) >= 11 is 0. The van der Waals surface area contributed by atoms with Gasteiger partial charge in [-0.05, 0) is 80.8 Å². The molecule has 2 aromatic rings. The second kappa shape index (κ2) is 14.6. The Morgan fingerprint density at radius 2 is 1.68 bits per heavy atom. The molecule has 0 bridgehead atoms. The van der Waals surface area contributed by atoms with E-state index >= 15 is 0 Å². The summed E-state index contributed by atoms with van der Waals surface area (Å²) in [7, 11) is 0. The molecular weight excluding hydrogens is 486 g/mol. The Morgan fingerprint density at radius 1 is 1.03 bits per heavy atom. The fourth-order valence-electron chi connectivity index (χ4n) is 4.11. The predicted octanol–water partition coefficient (Wildman–Crippen LogP) is 1.33. The molecule has 0 saturated heterocycles. The zero-order chi connectivity index (χ0) is 27.3. The Hall–Kier alpha value is -4.04. The Labute approximate surface area is 221 Å². The predicted molar refractivity (Wildman–Crippen MR) is 142 cm³/mol. The second-order valence-corrected chi connectivity index (χ2v) is 9.07. The first kappa shape index (κ1) is 28.5. The molecule has 1 aliphatic carbocycles. The fourth-order valence-corrected chi connectivity index (χ4v) is 4.11. The lowest BCUT2D eigenvalue weighted by molar-refractivity contribution is -0.131. The molecule has 1 fully saturated rings. The van der Waals surface area contributed by atoms with Crippen LogP contribution >= 0.6 is 0 Å². The lowest BCUT2D eigenvalue weighted by Crippen LogP contribution is -2.50. The monoisotopic (exact) mass is 519 g/mol. The number of anilines is 1. The van der Waals surface area contributed by atoms with Crippen LogP contribution in [-0.2, 0) is 14.4 Å². The summed E-state index contributed by atoms with van der Waals surface area (Å²) in [6.45, 7) is 0.744. The van der Waals surface area contributed by atoms with Gasteiger partial charge in [0.15, 0.2) is 0 Å². The van der Waals surface area contributed by atoms with Crippen LogP contribution in [0, 0.1) is 17.8 Å². The number of benzene rings is 2. The Balaban J connectivity index is 1.42. The number of hydrogen-bond donors (Lipinski definition) is 6. The van der Waals surface area contributed by atoms with Gasteiger partial charge in [0, 0.05) is 41.3 Å². The van der Waals surface area contributed by atoms with Crippen LogP contribution in [-0.4, -0.2) is 54.4 Å². The van der Waals surface area contributed by atoms with Crippen molar-refractivity contribution in [2.24, 2.45) is 11.7 Å². The summed E-state index contributed by atoms with van der Waals surface area (Å²) in [6.07, 6.45) is 4.48. The minimum atomic E-state index is -1.05. The van der Waals surface area contributed by atoms with E-state index in [1.165, 1.54) is 5.48 Å². The van der Waals surface area contributed by atoms with Gasteiger partial charge in [-0.1, -0.05) is 11.8 Å². The molecule has 0 heterocycles. The third-order valence-electron chi connectivity index (χ3n) is 6.26. The maximum absolute atomic E-state index is 12.3. The largest absolute Gasteiger partial charge is 0.339 e. The quantitative estimate of drug-likeness (QED) is 0.113. The van der Waals surface area contributed by atoms with E-state index in [1.807, 2.05) is 0 Å². The van der Waals surface area contributed by atoms with Gasteiger partial charge in [0.1, 0.15) is 11.8 Å². The molecule has 1 saturated carbocycles. The first-order valence-electron chi connectivity index (χ1n) is 12.6. The summed E-state index contributed by atoms with van der Waals surface area (Å²) < 4.78 is 0. The van der Waals surface area contributed by atoms with Crippen LogP contribution < -0.4 is 27.2 Å². The zero-order valence-electron chi connectivity index (χ0n) is 21.1. The highest BCUT2D eigenvalue weighted by molar-refractivity contribution is 5.97. The highest BCUT2D eigenvalue weighted by Gasteiger charge is 2.23. The van der Waals surface area contributed by atoms with Gasteiger partial charge in [0.25, 0.3) is 11.8 Å². The van der Waals surface area contributed by atoms with Crippen molar-refractivity contribution < 1.29 is 24.4 Å². The van der Waals surface area contributed by atoms with Crippen molar-refractivity contribution in [2.75, 3.05) is 25.0 Å². The first-order valence-corrected chi connectivity index (χ1v) is 12.6. The molecule has 3 rings (SSSR count). The van der Waals surface area contributed by atoms with Crippen molar-refractivity contribution in [3.05, 3.63) is 65.2 Å². The minimum Gasteiger partial charge on any atom is -0.339 e. The highest BCUT2D eigenvalue weighted by Crippen LogP contribution is 2.25. The first-order chi connectivity index (χ1) is 18.4. The van der Waals surface area contributed by atoms with E-state index in [0.717, 1.165) is 31.2 Å². The summed E-state index contributed by atoms with van der Waals surface area (Å²) in [4.78, 5) is 47.6. The normalized spacial score (nSPS) is 15.2. The van der Waals surface area contributed by atoms with E-state index in [9.17, 15) is 19.2 Å². The average molecular weight is 520 g/mol. The molecule has 2 aromatic carbocycles. The Morgan fingerprint density at radius 3 is 2.26 bits per heavy atom. The highest BCUT2D eigenvalue weighted by atomic mass is 16.5. The van der Waals surface area contributed by atoms with Crippen LogP contribution in [0.25, 0.3) is 0 Å². The lowest BCUT2D eigenvalue weighted by Gasteiger charge is -2.14. The van der Waals surface area contributed by atoms with Crippen LogP contribution in [0.2, 0.25) is 0 Å². The van der Waals surface area contributed by atoms with E-state index in [0.29, 0.717) is 35.6 Å². The van der Waals surface area contributed by atoms with Gasteiger partial charge in [-0.25, -0.2) is 5.48 Å². The molecule has 38 heavy (non-hydrogen) atoms. The minimum absolute atomic E-state index is 0.139. The number of nitrogens with one attached hydrogen (secondary N) is 4. The van der Waals surface area contributed by atoms with Crippen molar-refractivity contribution in [1.29, 1.82) is 0 Å². The molecule has 1 aliphatic rings. The maximum Gasteiger partial charge on any atom is 0.267 e. The number of hydrogen-bond acceptors (Lipinski definition) is 7. The van der Waals surface area contributed by atoms with E-state index in [2.05, 4.69) is 27.8 Å². The van der Waals surface area contributed by atoms with Crippen LogP contribution in [0.5, 0.6) is 0 Å². The molecule has 0 aromatic heterocycles. The molecule has 0 aliphatic heterocycles. The van der Waals surface area contributed by atoms with Gasteiger partial charge in [-0.2, -0.15) is 0 Å². The average Bonchev–Trinajstić information content (AvgIpc) is 3.35. The third-order valence-corrected chi connectivity index (χ3v) is 6.26. The molecule has 3 amide bonds. The van der Waals surface area contributed by atoms with E-state index in [-0.39, 0.29) is 24.9 Å². The van der Waals surface area contributed by atoms with Crippen molar-refractivity contribution >= 4 is 29.2 Å². The number of Topliss-reactive ketones (excluding diaryl/α,β-unsaturated/α-hetero) is 1. The molecule has 10 nitrogen and oxygen atoms in total. The summed E-state index contributed by atoms with van der Waals surface area (Å²) in [5.41, 5.74) is 9.33. The zero-order valence-corrected chi connectivity index (χ0v) is 21.1. The van der Waals surface area contributed by atoms with Crippen molar-refractivity contribution in [3.8, 4) is 11.8 Å². The number of ketones is 1. The number of hydroxylamine groups is 1. The molecule has 7 N–H and O–H groups in total. The Bertz CT molecular complexity index is 1180. The van der Waals surface area contributed by atoms with E-state index < -0.39 is 17.9 Å². The summed E-state index contributed by atoms with van der Waals surface area (Å²) in [6, 6.07) is 12.6. The topological polar surface area (TPSA) is 163 Å². The van der Waals surface area contributed by atoms with Crippen molar-refractivity contribution in [2.45, 2.75) is 38.1 Å². The smallest absolute Gasteiger partial charge is 0.267 e.